The fourth-order valence-corrected chi connectivity index (χ4v) is 6.35. The van der Waals surface area contributed by atoms with E-state index in [1.54, 1.807) is 4.90 Å². The van der Waals surface area contributed by atoms with E-state index < -0.39 is 6.04 Å². The maximum atomic E-state index is 13.0. The average Bonchev–Trinajstić information content (AvgIpc) is 3.59. The molecule has 0 aromatic heterocycles. The number of piperidine rings is 1. The first-order valence-corrected chi connectivity index (χ1v) is 12.8. The van der Waals surface area contributed by atoms with Gasteiger partial charge in [-0.3, -0.25) is 24.6 Å². The first-order valence-electron chi connectivity index (χ1n) is 12.8. The highest BCUT2D eigenvalue weighted by atomic mass is 16.5. The van der Waals surface area contributed by atoms with Crippen LogP contribution in [0.3, 0.4) is 0 Å². The first kappa shape index (κ1) is 22.3. The molecule has 1 saturated carbocycles. The molecule has 3 amide bonds. The second-order valence-electron chi connectivity index (χ2n) is 10.3. The number of rotatable bonds is 5. The Labute approximate surface area is 205 Å². The number of carbonyl (C=O) groups is 3. The number of nitrogens with one attached hydrogen (secondary N) is 1. The molecule has 2 aromatic carbocycles. The Kier molecular flexibility index (Phi) is 5.80. The quantitative estimate of drug-likeness (QED) is 0.675. The lowest BCUT2D eigenvalue weighted by Crippen LogP contribution is -2.52. The van der Waals surface area contributed by atoms with Crippen molar-refractivity contribution >= 4 is 17.7 Å². The van der Waals surface area contributed by atoms with Crippen LogP contribution in [-0.4, -0.2) is 58.8 Å². The highest BCUT2D eigenvalue weighted by Crippen LogP contribution is 2.36. The average molecular weight is 474 g/mol. The van der Waals surface area contributed by atoms with Gasteiger partial charge in [0, 0.05) is 31.1 Å². The molecular formula is C28H31N3O4. The molecule has 7 nitrogen and oxygen atoms in total. The Balaban J connectivity index is 1.12. The van der Waals surface area contributed by atoms with Gasteiger partial charge in [0.25, 0.3) is 5.91 Å². The van der Waals surface area contributed by atoms with Crippen molar-refractivity contribution in [2.45, 2.75) is 69.2 Å². The Bertz CT molecular complexity index is 1150. The fraction of sp³-hybridized carbons (Fsp3) is 0.464. The molecule has 35 heavy (non-hydrogen) atoms. The maximum Gasteiger partial charge on any atom is 0.255 e. The third-order valence-electron chi connectivity index (χ3n) is 8.16. The molecule has 6 rings (SSSR count). The van der Waals surface area contributed by atoms with Crippen molar-refractivity contribution in [1.29, 1.82) is 0 Å². The lowest BCUT2D eigenvalue weighted by molar-refractivity contribution is -0.136. The number of hydrogen-bond donors (Lipinski definition) is 1. The summed E-state index contributed by atoms with van der Waals surface area (Å²) in [7, 11) is 0. The predicted molar refractivity (Wildman–Crippen MR) is 130 cm³/mol. The highest BCUT2D eigenvalue weighted by molar-refractivity contribution is 6.05. The minimum Gasteiger partial charge on any atom is -0.489 e. The van der Waals surface area contributed by atoms with Crippen molar-refractivity contribution in [2.75, 3.05) is 13.1 Å². The smallest absolute Gasteiger partial charge is 0.255 e. The van der Waals surface area contributed by atoms with Crippen LogP contribution in [0.1, 0.15) is 65.9 Å². The van der Waals surface area contributed by atoms with E-state index in [1.165, 1.54) is 12.0 Å². The summed E-state index contributed by atoms with van der Waals surface area (Å²) >= 11 is 0. The van der Waals surface area contributed by atoms with Crippen LogP contribution in [0, 0.1) is 0 Å². The number of hydrogen-bond acceptors (Lipinski definition) is 5. The minimum atomic E-state index is -0.594. The normalized spacial score (nSPS) is 28.9. The third kappa shape index (κ3) is 4.22. The number of imide groups is 1. The molecule has 0 radical (unpaired) electrons. The molecular weight excluding hydrogens is 442 g/mol. The van der Waals surface area contributed by atoms with E-state index in [0.29, 0.717) is 30.5 Å². The van der Waals surface area contributed by atoms with Crippen LogP contribution in [0.2, 0.25) is 0 Å². The monoisotopic (exact) mass is 473 g/mol. The molecule has 2 saturated heterocycles. The molecule has 1 aliphatic carbocycles. The zero-order valence-electron chi connectivity index (χ0n) is 19.8. The van der Waals surface area contributed by atoms with Crippen LogP contribution in [0.15, 0.2) is 48.5 Å². The number of likely N-dealkylation sites (tertiary alicyclic amines) is 1. The molecule has 0 bridgehead atoms. The van der Waals surface area contributed by atoms with E-state index in [2.05, 4.69) is 40.5 Å². The van der Waals surface area contributed by atoms with Gasteiger partial charge in [0.05, 0.1) is 0 Å². The molecule has 4 aliphatic rings. The van der Waals surface area contributed by atoms with Gasteiger partial charge < -0.3 is 9.64 Å². The summed E-state index contributed by atoms with van der Waals surface area (Å²) < 4.78 is 6.52. The van der Waals surface area contributed by atoms with Crippen LogP contribution in [0.4, 0.5) is 0 Å². The summed E-state index contributed by atoms with van der Waals surface area (Å²) in [5, 5.41) is 2.36. The van der Waals surface area contributed by atoms with Crippen LogP contribution in [0.25, 0.3) is 0 Å². The number of carbonyl (C=O) groups excluding carboxylic acids is 3. The van der Waals surface area contributed by atoms with Crippen LogP contribution in [0.5, 0.6) is 5.75 Å². The topological polar surface area (TPSA) is 79.0 Å². The molecule has 4 atom stereocenters. The molecule has 3 aliphatic heterocycles. The van der Waals surface area contributed by atoms with E-state index in [1.807, 2.05) is 18.2 Å². The Hall–Kier alpha value is -3.19. The maximum absolute atomic E-state index is 13.0. The lowest BCUT2D eigenvalue weighted by atomic mass is 9.99. The number of benzene rings is 2. The molecule has 0 spiro atoms. The second-order valence-corrected chi connectivity index (χ2v) is 10.3. The van der Waals surface area contributed by atoms with Gasteiger partial charge in [-0.2, -0.15) is 0 Å². The van der Waals surface area contributed by atoms with E-state index in [0.717, 1.165) is 43.7 Å². The molecule has 2 unspecified atom stereocenters. The Morgan fingerprint density at radius 3 is 2.63 bits per heavy atom. The molecule has 182 valence electrons. The number of ether oxygens (including phenoxy) is 1. The third-order valence-corrected chi connectivity index (χ3v) is 8.16. The Morgan fingerprint density at radius 2 is 1.80 bits per heavy atom. The summed E-state index contributed by atoms with van der Waals surface area (Å²) in [5.74, 6) is 0.570. The largest absolute Gasteiger partial charge is 0.489 e. The van der Waals surface area contributed by atoms with Gasteiger partial charge in [-0.25, -0.2) is 0 Å². The van der Waals surface area contributed by atoms with Crippen LogP contribution in [-0.2, 0) is 16.1 Å². The second kappa shape index (κ2) is 9.11. The van der Waals surface area contributed by atoms with E-state index in [4.69, 9.17) is 4.74 Å². The van der Waals surface area contributed by atoms with Crippen molar-refractivity contribution in [1.82, 2.24) is 15.1 Å². The van der Waals surface area contributed by atoms with E-state index >= 15 is 0 Å². The van der Waals surface area contributed by atoms with Crippen molar-refractivity contribution < 1.29 is 19.1 Å². The number of nitrogens with zero attached hydrogens (tertiary/aromatic N) is 2. The number of fused-ring (bicyclic) bond motifs is 1. The first-order chi connectivity index (χ1) is 17.1. The SMILES string of the molecule is O=C1CCC(N2Cc3cc(O[C@@H]4CCC[C@H]4N4CCC(c5ccccc5)C4)ccc3C2=O)C(=O)N1. The zero-order valence-corrected chi connectivity index (χ0v) is 19.8. The molecule has 3 fully saturated rings. The van der Waals surface area contributed by atoms with Gasteiger partial charge in [0.1, 0.15) is 17.9 Å². The summed E-state index contributed by atoms with van der Waals surface area (Å²) in [6.45, 7) is 2.55. The molecule has 7 heteroatoms. The van der Waals surface area contributed by atoms with Gasteiger partial charge in [0.2, 0.25) is 11.8 Å². The van der Waals surface area contributed by atoms with Crippen molar-refractivity contribution in [2.24, 2.45) is 0 Å². The predicted octanol–water partition coefficient (Wildman–Crippen LogP) is 3.24. The minimum absolute atomic E-state index is 0.144. The standard InChI is InChI=1S/C28H31N3O4/c32-26-12-11-24(27(33)29-26)31-17-20-15-21(9-10-22(20)28(31)34)35-25-8-4-7-23(25)30-14-13-19(16-30)18-5-2-1-3-6-18/h1-3,5-6,9-10,15,19,23-25H,4,7-8,11-14,16-17H2,(H,29,32,33)/t19?,23-,24?,25-/m1/s1. The van der Waals surface area contributed by atoms with Gasteiger partial charge in [-0.15, -0.1) is 0 Å². The Morgan fingerprint density at radius 1 is 0.943 bits per heavy atom. The fourth-order valence-electron chi connectivity index (χ4n) is 6.35. The van der Waals surface area contributed by atoms with Gasteiger partial charge in [-0.05, 0) is 73.9 Å². The molecule has 2 aromatic rings. The summed E-state index contributed by atoms with van der Waals surface area (Å²) in [6, 6.07) is 16.3. The zero-order chi connectivity index (χ0) is 23.9. The summed E-state index contributed by atoms with van der Waals surface area (Å²) in [6.07, 6.45) is 5.31. The van der Waals surface area contributed by atoms with Gasteiger partial charge >= 0.3 is 0 Å². The van der Waals surface area contributed by atoms with Crippen LogP contribution >= 0.6 is 0 Å². The van der Waals surface area contributed by atoms with Gasteiger partial charge in [0.15, 0.2) is 0 Å². The van der Waals surface area contributed by atoms with E-state index in [-0.39, 0.29) is 30.2 Å². The summed E-state index contributed by atoms with van der Waals surface area (Å²) in [5.41, 5.74) is 2.93. The lowest BCUT2D eigenvalue weighted by Gasteiger charge is -2.30. The number of amides is 3. The van der Waals surface area contributed by atoms with Crippen molar-refractivity contribution in [3.05, 3.63) is 65.2 Å². The molecule has 1 N–H and O–H groups in total. The molecule has 3 heterocycles. The summed E-state index contributed by atoms with van der Waals surface area (Å²) in [4.78, 5) is 41.0. The highest BCUT2D eigenvalue weighted by Gasteiger charge is 2.40. The van der Waals surface area contributed by atoms with Crippen molar-refractivity contribution in [3.8, 4) is 5.75 Å². The van der Waals surface area contributed by atoms with Crippen LogP contribution < -0.4 is 10.1 Å². The van der Waals surface area contributed by atoms with Gasteiger partial charge in [-0.1, -0.05) is 30.3 Å². The van der Waals surface area contributed by atoms with E-state index in [9.17, 15) is 14.4 Å². The van der Waals surface area contributed by atoms with Crippen molar-refractivity contribution in [3.63, 3.8) is 0 Å².